The predicted octanol–water partition coefficient (Wildman–Crippen LogP) is -0.0888. The maximum Gasteiger partial charge on any atom is 0.258 e. The fourth-order valence-electron chi connectivity index (χ4n) is 2.00. The van der Waals surface area contributed by atoms with E-state index in [0.717, 1.165) is 4.90 Å². The van der Waals surface area contributed by atoms with Gasteiger partial charge in [-0.2, -0.15) is 0 Å². The zero-order valence-corrected chi connectivity index (χ0v) is 11.7. The largest absolute Gasteiger partial charge is 0.484 e. The molecule has 1 saturated heterocycles. The SMILES string of the molecule is CN1C(=O)CCC(NC(=O)COc2ccc(N)cc2)C1=O. The van der Waals surface area contributed by atoms with Crippen molar-refractivity contribution in [3.05, 3.63) is 24.3 Å². The fourth-order valence-corrected chi connectivity index (χ4v) is 2.00. The Morgan fingerprint density at radius 1 is 1.38 bits per heavy atom. The molecule has 7 heteroatoms. The number of nitrogens with two attached hydrogens (primary N) is 1. The number of amides is 3. The third-order valence-corrected chi connectivity index (χ3v) is 3.23. The number of benzene rings is 1. The van der Waals surface area contributed by atoms with E-state index in [-0.39, 0.29) is 18.9 Å². The van der Waals surface area contributed by atoms with E-state index < -0.39 is 17.9 Å². The number of likely N-dealkylation sites (tertiary alicyclic amines) is 1. The van der Waals surface area contributed by atoms with Crippen LogP contribution in [0.3, 0.4) is 0 Å². The van der Waals surface area contributed by atoms with Gasteiger partial charge in [0.05, 0.1) is 0 Å². The van der Waals surface area contributed by atoms with Crippen molar-refractivity contribution < 1.29 is 19.1 Å². The number of nitrogen functional groups attached to an aromatic ring is 1. The van der Waals surface area contributed by atoms with Gasteiger partial charge in [0.2, 0.25) is 5.91 Å². The average Bonchev–Trinajstić information content (AvgIpc) is 2.47. The molecule has 2 rings (SSSR count). The molecule has 1 aliphatic rings. The molecule has 1 heterocycles. The summed E-state index contributed by atoms with van der Waals surface area (Å²) in [5.41, 5.74) is 6.15. The number of carbonyl (C=O) groups excluding carboxylic acids is 3. The van der Waals surface area contributed by atoms with Crippen LogP contribution in [0.4, 0.5) is 5.69 Å². The second-order valence-corrected chi connectivity index (χ2v) is 4.81. The number of rotatable bonds is 4. The molecule has 3 N–H and O–H groups in total. The standard InChI is InChI=1S/C14H17N3O4/c1-17-13(19)7-6-11(14(17)20)16-12(18)8-21-10-4-2-9(15)3-5-10/h2-5,11H,6-8,15H2,1H3,(H,16,18). The molecule has 1 aromatic rings. The van der Waals surface area contributed by atoms with Crippen molar-refractivity contribution in [1.82, 2.24) is 10.2 Å². The van der Waals surface area contributed by atoms with Crippen molar-refractivity contribution >= 4 is 23.4 Å². The van der Waals surface area contributed by atoms with Gasteiger partial charge in [0.15, 0.2) is 6.61 Å². The van der Waals surface area contributed by atoms with Gasteiger partial charge in [0.1, 0.15) is 11.8 Å². The number of likely N-dealkylation sites (N-methyl/N-ethyl adjacent to an activating group) is 1. The van der Waals surface area contributed by atoms with Gasteiger partial charge in [-0.05, 0) is 30.7 Å². The van der Waals surface area contributed by atoms with Gasteiger partial charge < -0.3 is 15.8 Å². The summed E-state index contributed by atoms with van der Waals surface area (Å²) in [6, 6.07) is 5.97. The Hall–Kier alpha value is -2.57. The van der Waals surface area contributed by atoms with E-state index in [1.165, 1.54) is 7.05 Å². The summed E-state index contributed by atoms with van der Waals surface area (Å²) in [4.78, 5) is 36.0. The van der Waals surface area contributed by atoms with E-state index in [9.17, 15) is 14.4 Å². The Balaban J connectivity index is 1.83. The normalized spacial score (nSPS) is 18.5. The Kier molecular flexibility index (Phi) is 4.42. The molecule has 0 spiro atoms. The molecule has 0 radical (unpaired) electrons. The molecule has 1 fully saturated rings. The van der Waals surface area contributed by atoms with Gasteiger partial charge in [-0.3, -0.25) is 19.3 Å². The van der Waals surface area contributed by atoms with E-state index in [4.69, 9.17) is 10.5 Å². The lowest BCUT2D eigenvalue weighted by Crippen LogP contribution is -2.53. The van der Waals surface area contributed by atoms with Gasteiger partial charge in [-0.15, -0.1) is 0 Å². The van der Waals surface area contributed by atoms with Gasteiger partial charge >= 0.3 is 0 Å². The number of imide groups is 1. The number of hydrogen-bond acceptors (Lipinski definition) is 5. The summed E-state index contributed by atoms with van der Waals surface area (Å²) in [7, 11) is 1.41. The molecular formula is C14H17N3O4. The maximum atomic E-state index is 11.8. The quantitative estimate of drug-likeness (QED) is 0.596. The summed E-state index contributed by atoms with van der Waals surface area (Å²) in [5, 5.41) is 2.57. The van der Waals surface area contributed by atoms with Crippen LogP contribution < -0.4 is 15.8 Å². The molecule has 7 nitrogen and oxygen atoms in total. The van der Waals surface area contributed by atoms with Crippen LogP contribution in [-0.4, -0.2) is 42.3 Å². The molecule has 3 amide bonds. The number of hydrogen-bond donors (Lipinski definition) is 2. The van der Waals surface area contributed by atoms with Crippen molar-refractivity contribution in [3.63, 3.8) is 0 Å². The van der Waals surface area contributed by atoms with E-state index in [0.29, 0.717) is 17.9 Å². The van der Waals surface area contributed by atoms with E-state index in [2.05, 4.69) is 5.32 Å². The molecule has 1 aliphatic heterocycles. The van der Waals surface area contributed by atoms with Gasteiger partial charge in [0.25, 0.3) is 11.8 Å². The van der Waals surface area contributed by atoms with Crippen molar-refractivity contribution in [3.8, 4) is 5.75 Å². The van der Waals surface area contributed by atoms with Crippen LogP contribution in [0.1, 0.15) is 12.8 Å². The van der Waals surface area contributed by atoms with Crippen LogP contribution in [-0.2, 0) is 14.4 Å². The van der Waals surface area contributed by atoms with E-state index in [1.54, 1.807) is 24.3 Å². The van der Waals surface area contributed by atoms with Crippen molar-refractivity contribution in [1.29, 1.82) is 0 Å². The first-order valence-corrected chi connectivity index (χ1v) is 6.55. The number of nitrogens with one attached hydrogen (secondary N) is 1. The lowest BCUT2D eigenvalue weighted by Gasteiger charge is -2.28. The van der Waals surface area contributed by atoms with Gasteiger partial charge in [0, 0.05) is 19.2 Å². The first-order valence-electron chi connectivity index (χ1n) is 6.55. The van der Waals surface area contributed by atoms with Gasteiger partial charge in [-0.25, -0.2) is 0 Å². The molecule has 0 aromatic heterocycles. The lowest BCUT2D eigenvalue weighted by atomic mass is 10.0. The molecule has 112 valence electrons. The molecule has 1 aromatic carbocycles. The van der Waals surface area contributed by atoms with E-state index >= 15 is 0 Å². The molecule has 1 atom stereocenters. The van der Waals surface area contributed by atoms with Gasteiger partial charge in [-0.1, -0.05) is 0 Å². The number of nitrogens with zero attached hydrogens (tertiary/aromatic N) is 1. The fraction of sp³-hybridized carbons (Fsp3) is 0.357. The first-order chi connectivity index (χ1) is 9.97. The molecule has 0 aliphatic carbocycles. The summed E-state index contributed by atoms with van der Waals surface area (Å²) < 4.78 is 5.29. The van der Waals surface area contributed by atoms with Crippen LogP contribution in [0.5, 0.6) is 5.75 Å². The van der Waals surface area contributed by atoms with Crippen molar-refractivity contribution in [2.45, 2.75) is 18.9 Å². The predicted molar refractivity (Wildman–Crippen MR) is 75.3 cm³/mol. The van der Waals surface area contributed by atoms with Crippen LogP contribution in [0.25, 0.3) is 0 Å². The number of piperidine rings is 1. The average molecular weight is 291 g/mol. The molecule has 0 saturated carbocycles. The molecular weight excluding hydrogens is 274 g/mol. The zero-order chi connectivity index (χ0) is 15.4. The highest BCUT2D eigenvalue weighted by Gasteiger charge is 2.32. The topological polar surface area (TPSA) is 102 Å². The lowest BCUT2D eigenvalue weighted by molar-refractivity contribution is -0.149. The minimum absolute atomic E-state index is 0.203. The number of ether oxygens (including phenoxy) is 1. The smallest absolute Gasteiger partial charge is 0.258 e. The Morgan fingerprint density at radius 2 is 2.05 bits per heavy atom. The van der Waals surface area contributed by atoms with Crippen molar-refractivity contribution in [2.24, 2.45) is 0 Å². The Labute approximate surface area is 122 Å². The Morgan fingerprint density at radius 3 is 2.71 bits per heavy atom. The zero-order valence-electron chi connectivity index (χ0n) is 11.7. The summed E-state index contributed by atoms with van der Waals surface area (Å²) in [6.07, 6.45) is 0.557. The molecule has 1 unspecified atom stereocenters. The Bertz CT molecular complexity index is 556. The molecule has 21 heavy (non-hydrogen) atoms. The summed E-state index contributed by atoms with van der Waals surface area (Å²) in [5.74, 6) is -0.523. The monoisotopic (exact) mass is 291 g/mol. The third-order valence-electron chi connectivity index (χ3n) is 3.23. The minimum atomic E-state index is -0.671. The van der Waals surface area contributed by atoms with Crippen LogP contribution >= 0.6 is 0 Å². The highest BCUT2D eigenvalue weighted by Crippen LogP contribution is 2.13. The number of anilines is 1. The maximum absolute atomic E-state index is 11.8. The van der Waals surface area contributed by atoms with E-state index in [1.807, 2.05) is 0 Å². The first kappa shape index (κ1) is 14.8. The summed E-state index contributed by atoms with van der Waals surface area (Å²) >= 11 is 0. The van der Waals surface area contributed by atoms with Crippen LogP contribution in [0.2, 0.25) is 0 Å². The third kappa shape index (κ3) is 3.71. The van der Waals surface area contributed by atoms with Crippen LogP contribution in [0, 0.1) is 0 Å². The highest BCUT2D eigenvalue weighted by atomic mass is 16.5. The molecule has 0 bridgehead atoms. The minimum Gasteiger partial charge on any atom is -0.484 e. The summed E-state index contributed by atoms with van der Waals surface area (Å²) in [6.45, 7) is -0.203. The van der Waals surface area contributed by atoms with Crippen molar-refractivity contribution in [2.75, 3.05) is 19.4 Å². The number of carbonyl (C=O) groups is 3. The second kappa shape index (κ2) is 6.25. The van der Waals surface area contributed by atoms with Crippen LogP contribution in [0.15, 0.2) is 24.3 Å². The second-order valence-electron chi connectivity index (χ2n) is 4.81. The highest BCUT2D eigenvalue weighted by molar-refractivity contribution is 6.01.